The van der Waals surface area contributed by atoms with Crippen LogP contribution in [0.3, 0.4) is 0 Å². The smallest absolute Gasteiger partial charge is 0.255 e. The van der Waals surface area contributed by atoms with Crippen LogP contribution >= 0.6 is 0 Å². The molecule has 3 N–H and O–H groups in total. The Bertz CT molecular complexity index is 2590. The maximum absolute atomic E-state index is 13.1. The highest BCUT2D eigenvalue weighted by atomic mass is 16.5. The summed E-state index contributed by atoms with van der Waals surface area (Å²) in [6.45, 7) is 8.81. The molecule has 0 saturated carbocycles. The van der Waals surface area contributed by atoms with Crippen molar-refractivity contribution in [2.24, 2.45) is 5.92 Å². The molecule has 0 radical (unpaired) electrons. The van der Waals surface area contributed by atoms with Crippen molar-refractivity contribution >= 4 is 46.0 Å². The highest BCUT2D eigenvalue weighted by Crippen LogP contribution is 2.36. The molecule has 3 aromatic carbocycles. The molecule has 4 fully saturated rings. The number of nitrogens with two attached hydrogens (primary N) is 1. The molecule has 65 heavy (non-hydrogen) atoms. The number of ketones is 1. The van der Waals surface area contributed by atoms with E-state index in [0.29, 0.717) is 36.8 Å². The van der Waals surface area contributed by atoms with Gasteiger partial charge >= 0.3 is 0 Å². The van der Waals surface area contributed by atoms with Gasteiger partial charge in [-0.1, -0.05) is 18.2 Å². The van der Waals surface area contributed by atoms with Crippen molar-refractivity contribution in [2.75, 3.05) is 76.1 Å². The summed E-state index contributed by atoms with van der Waals surface area (Å²) >= 11 is 0. The maximum Gasteiger partial charge on any atom is 0.255 e. The number of hydrogen-bond acceptors (Lipinski definition) is 13. The topological polar surface area (TPSA) is 175 Å². The number of nitrogens with zero attached hydrogens (tertiary/aromatic N) is 9. The average molecular weight is 878 g/mol. The van der Waals surface area contributed by atoms with Gasteiger partial charge in [-0.2, -0.15) is 5.10 Å². The molecule has 0 aliphatic carbocycles. The normalized spacial score (nSPS) is 20.5. The first-order chi connectivity index (χ1) is 31.7. The van der Waals surface area contributed by atoms with Gasteiger partial charge in [0, 0.05) is 94.9 Å². The number of nitrogen functional groups attached to an aromatic ring is 1. The number of imide groups is 1. The summed E-state index contributed by atoms with van der Waals surface area (Å²) in [5, 5.41) is 8.27. The summed E-state index contributed by atoms with van der Waals surface area (Å²) in [6, 6.07) is 23.1. The largest absolute Gasteiger partial charge is 0.457 e. The first kappa shape index (κ1) is 42.3. The minimum atomic E-state index is -0.624. The molecule has 5 aliphatic heterocycles. The number of amides is 3. The Morgan fingerprint density at radius 1 is 0.815 bits per heavy atom. The number of carbonyl (C=O) groups is 4. The van der Waals surface area contributed by atoms with Crippen LogP contribution in [-0.4, -0.2) is 134 Å². The van der Waals surface area contributed by atoms with E-state index >= 15 is 0 Å². The number of para-hydroxylation sites is 1. The molecule has 1 unspecified atom stereocenters. The Balaban J connectivity index is 0.656. The van der Waals surface area contributed by atoms with E-state index in [4.69, 9.17) is 15.6 Å². The first-order valence-electron chi connectivity index (χ1n) is 23.0. The van der Waals surface area contributed by atoms with Crippen LogP contribution in [0.2, 0.25) is 0 Å². The van der Waals surface area contributed by atoms with Gasteiger partial charge in [0.15, 0.2) is 11.4 Å². The van der Waals surface area contributed by atoms with Crippen LogP contribution in [0.5, 0.6) is 11.5 Å². The third kappa shape index (κ3) is 9.18. The van der Waals surface area contributed by atoms with E-state index in [1.165, 1.54) is 6.33 Å². The Morgan fingerprint density at radius 3 is 2.32 bits per heavy atom. The molecule has 5 aromatic rings. The minimum absolute atomic E-state index is 0.116. The van der Waals surface area contributed by atoms with Gasteiger partial charge in [0.2, 0.25) is 11.8 Å². The summed E-state index contributed by atoms with van der Waals surface area (Å²) in [4.78, 5) is 70.2. The predicted octanol–water partition coefficient (Wildman–Crippen LogP) is 4.88. The molecule has 2 aromatic heterocycles. The molecule has 16 heteroatoms. The number of anilines is 2. The fourth-order valence-electron chi connectivity index (χ4n) is 10.1. The summed E-state index contributed by atoms with van der Waals surface area (Å²) in [5.41, 5.74) is 11.5. The number of carbonyl (C=O) groups excluding carboxylic acids is 4. The van der Waals surface area contributed by atoms with E-state index in [0.717, 1.165) is 130 Å². The standard InChI is InChI=1S/C49H55N11O5/c50-46-44-45(34-6-9-40(10-7-34)65-39-4-2-1-3-5-39)54-60(47(44)52-32-51-46)36-16-21-56(22-17-36)29-33-14-19-55(20-15-33)23-18-38(61)31-57-24-26-58(27-25-57)37-8-11-41-35(28-37)30-59(49(41)64)42-12-13-43(62)53-48(42)63/h1-11,18,23,28,32-33,36,42H,12-17,19-22,24-27,29-31H2,(H2,50,51,52)(H,53,62,63). The summed E-state index contributed by atoms with van der Waals surface area (Å²) < 4.78 is 8.09. The van der Waals surface area contributed by atoms with Crippen molar-refractivity contribution in [1.29, 1.82) is 0 Å². The van der Waals surface area contributed by atoms with Crippen LogP contribution < -0.4 is 20.7 Å². The number of benzene rings is 3. The van der Waals surface area contributed by atoms with Crippen LogP contribution in [-0.2, 0) is 20.9 Å². The second-order valence-corrected chi connectivity index (χ2v) is 18.0. The van der Waals surface area contributed by atoms with Gasteiger partial charge in [-0.25, -0.2) is 14.6 Å². The second kappa shape index (κ2) is 18.4. The van der Waals surface area contributed by atoms with Crippen molar-refractivity contribution < 1.29 is 23.9 Å². The Hall–Kier alpha value is -6.65. The zero-order valence-electron chi connectivity index (χ0n) is 36.6. The van der Waals surface area contributed by atoms with Crippen molar-refractivity contribution in [3.63, 3.8) is 0 Å². The fraction of sp³-hybridized carbons (Fsp3) is 0.408. The number of piperazine rings is 1. The second-order valence-electron chi connectivity index (χ2n) is 18.0. The summed E-state index contributed by atoms with van der Waals surface area (Å²) in [5.74, 6) is 1.84. The molecular formula is C49H55N11O5. The molecule has 5 aliphatic rings. The predicted molar refractivity (Wildman–Crippen MR) is 246 cm³/mol. The Labute approximate surface area is 378 Å². The number of hydrogen-bond donors (Lipinski definition) is 2. The van der Waals surface area contributed by atoms with Crippen LogP contribution in [0.25, 0.3) is 22.3 Å². The zero-order valence-corrected chi connectivity index (χ0v) is 36.6. The van der Waals surface area contributed by atoms with Crippen LogP contribution in [0.15, 0.2) is 91.4 Å². The summed E-state index contributed by atoms with van der Waals surface area (Å²) in [7, 11) is 0. The number of ether oxygens (including phenoxy) is 1. The average Bonchev–Trinajstić information content (AvgIpc) is 3.88. The maximum atomic E-state index is 13.1. The summed E-state index contributed by atoms with van der Waals surface area (Å²) in [6.07, 6.45) is 10.0. The molecule has 3 amide bonds. The number of piperidine rings is 3. The van der Waals surface area contributed by atoms with Crippen molar-refractivity contribution in [2.45, 2.75) is 57.2 Å². The van der Waals surface area contributed by atoms with E-state index in [-0.39, 0.29) is 30.1 Å². The van der Waals surface area contributed by atoms with Gasteiger partial charge in [0.1, 0.15) is 35.4 Å². The number of rotatable bonds is 12. The van der Waals surface area contributed by atoms with Gasteiger partial charge in [-0.05, 0) is 104 Å². The van der Waals surface area contributed by atoms with E-state index in [1.54, 1.807) is 11.0 Å². The van der Waals surface area contributed by atoms with Crippen LogP contribution in [0.4, 0.5) is 11.5 Å². The third-order valence-electron chi connectivity index (χ3n) is 13.8. The molecule has 7 heterocycles. The first-order valence-corrected chi connectivity index (χ1v) is 23.0. The number of fused-ring (bicyclic) bond motifs is 2. The molecule has 10 rings (SSSR count). The lowest BCUT2D eigenvalue weighted by Crippen LogP contribution is -2.52. The quantitative estimate of drug-likeness (QED) is 0.128. The Morgan fingerprint density at radius 2 is 1.57 bits per heavy atom. The van der Waals surface area contributed by atoms with E-state index in [9.17, 15) is 19.2 Å². The lowest BCUT2D eigenvalue weighted by atomic mass is 9.95. The molecule has 16 nitrogen and oxygen atoms in total. The van der Waals surface area contributed by atoms with Crippen molar-refractivity contribution in [3.8, 4) is 22.8 Å². The molecule has 0 bridgehead atoms. The SMILES string of the molecule is Nc1ncnc2c1c(-c1ccc(Oc3ccccc3)cc1)nn2C1CCN(CC2CCN(C=CC(=O)CN3CCN(c4ccc5c(c4)CN(C4CCC(=O)NC4=O)C5=O)CC3)CC2)CC1. The molecule has 0 spiro atoms. The van der Waals surface area contributed by atoms with Gasteiger partial charge < -0.3 is 30.1 Å². The highest BCUT2D eigenvalue weighted by Gasteiger charge is 2.39. The van der Waals surface area contributed by atoms with Crippen molar-refractivity contribution in [1.82, 2.24) is 44.7 Å². The van der Waals surface area contributed by atoms with Gasteiger partial charge in [0.05, 0.1) is 18.0 Å². The monoisotopic (exact) mass is 877 g/mol. The lowest BCUT2D eigenvalue weighted by Gasteiger charge is -2.37. The number of nitrogens with one attached hydrogen (secondary N) is 1. The molecule has 336 valence electrons. The van der Waals surface area contributed by atoms with E-state index in [2.05, 4.69) is 39.6 Å². The molecule has 1 atom stereocenters. The fourth-order valence-corrected chi connectivity index (χ4v) is 10.1. The van der Waals surface area contributed by atoms with Crippen molar-refractivity contribution in [3.05, 3.63) is 103 Å². The number of aromatic nitrogens is 4. The Kier molecular flexibility index (Phi) is 12.0. The van der Waals surface area contributed by atoms with Crippen LogP contribution in [0, 0.1) is 5.92 Å². The third-order valence-corrected chi connectivity index (χ3v) is 13.8. The lowest BCUT2D eigenvalue weighted by molar-refractivity contribution is -0.137. The zero-order chi connectivity index (χ0) is 44.4. The number of likely N-dealkylation sites (tertiary alicyclic amines) is 2. The van der Waals surface area contributed by atoms with Gasteiger partial charge in [-0.3, -0.25) is 29.4 Å². The van der Waals surface area contributed by atoms with E-state index in [1.807, 2.05) is 79.0 Å². The highest BCUT2D eigenvalue weighted by molar-refractivity contribution is 6.05. The van der Waals surface area contributed by atoms with Gasteiger partial charge in [0.25, 0.3) is 5.91 Å². The minimum Gasteiger partial charge on any atom is -0.457 e. The molecule has 4 saturated heterocycles. The molecular weight excluding hydrogens is 823 g/mol. The van der Waals surface area contributed by atoms with Gasteiger partial charge in [-0.15, -0.1) is 0 Å². The van der Waals surface area contributed by atoms with E-state index < -0.39 is 11.9 Å². The van der Waals surface area contributed by atoms with Crippen LogP contribution in [0.1, 0.15) is 60.5 Å².